The first kappa shape index (κ1) is 16.1. The van der Waals surface area contributed by atoms with E-state index in [-0.39, 0.29) is 5.41 Å². The minimum atomic E-state index is 0.163. The number of nitrogens with one attached hydrogen (secondary N) is 1. The Morgan fingerprint density at radius 3 is 2.65 bits per heavy atom. The summed E-state index contributed by atoms with van der Waals surface area (Å²) in [4.78, 5) is 0. The molecule has 0 aromatic heterocycles. The van der Waals surface area contributed by atoms with Crippen LogP contribution in [0.1, 0.15) is 45.6 Å². The number of hydrogen-bond acceptors (Lipinski definition) is 1. The third-order valence-electron chi connectivity index (χ3n) is 4.66. The molecule has 0 radical (unpaired) electrons. The van der Waals surface area contributed by atoms with Crippen LogP contribution < -0.4 is 5.32 Å². The third-order valence-corrected chi connectivity index (χ3v) is 5.21. The Hall–Kier alpha value is -0.240. The van der Waals surface area contributed by atoms with Gasteiger partial charge in [-0.1, -0.05) is 56.5 Å². The number of hydrogen-bond donors (Lipinski definition) is 1. The zero-order valence-electron chi connectivity index (χ0n) is 12.7. The number of rotatable bonds is 5. The lowest BCUT2D eigenvalue weighted by molar-refractivity contribution is 0.312. The van der Waals surface area contributed by atoms with E-state index in [0.29, 0.717) is 11.8 Å². The van der Waals surface area contributed by atoms with Crippen LogP contribution in [0.4, 0.5) is 0 Å². The Labute approximate surface area is 133 Å². The van der Waals surface area contributed by atoms with Crippen LogP contribution >= 0.6 is 23.2 Å². The average Bonchev–Trinajstić information content (AvgIpc) is 2.71. The lowest BCUT2D eigenvalue weighted by Gasteiger charge is -2.36. The second-order valence-corrected chi connectivity index (χ2v) is 7.44. The maximum atomic E-state index is 6.49. The lowest BCUT2D eigenvalue weighted by atomic mass is 9.72. The predicted octanol–water partition coefficient (Wildman–Crippen LogP) is 5.30. The zero-order chi connectivity index (χ0) is 14.8. The minimum Gasteiger partial charge on any atom is -0.316 e. The van der Waals surface area contributed by atoms with Gasteiger partial charge in [0, 0.05) is 22.0 Å². The topological polar surface area (TPSA) is 12.0 Å². The van der Waals surface area contributed by atoms with Crippen LogP contribution in [0, 0.1) is 11.8 Å². The Balaban J connectivity index is 2.27. The molecule has 0 bridgehead atoms. The van der Waals surface area contributed by atoms with Crippen molar-refractivity contribution in [2.45, 2.75) is 45.4 Å². The Kier molecular flexibility index (Phi) is 5.39. The molecule has 2 rings (SSSR count). The van der Waals surface area contributed by atoms with E-state index in [2.05, 4.69) is 32.2 Å². The molecule has 20 heavy (non-hydrogen) atoms. The fourth-order valence-corrected chi connectivity index (χ4v) is 4.08. The Morgan fingerprint density at radius 1 is 1.35 bits per heavy atom. The maximum absolute atomic E-state index is 6.49. The summed E-state index contributed by atoms with van der Waals surface area (Å²) in [5, 5.41) is 5.18. The maximum Gasteiger partial charge on any atom is 0.0459 e. The molecule has 3 heteroatoms. The summed E-state index contributed by atoms with van der Waals surface area (Å²) < 4.78 is 0. The smallest absolute Gasteiger partial charge is 0.0459 e. The van der Waals surface area contributed by atoms with E-state index < -0.39 is 0 Å². The molecule has 1 aromatic carbocycles. The summed E-state index contributed by atoms with van der Waals surface area (Å²) in [6.07, 6.45) is 3.77. The Morgan fingerprint density at radius 2 is 2.10 bits per heavy atom. The standard InChI is InChI=1S/C17H25Cl2N/c1-12(2)10-20-11-17(8-4-5-13(17)3)15-7-6-14(18)9-16(15)19/h6-7,9,12-13,20H,4-5,8,10-11H2,1-3H3. The van der Waals surface area contributed by atoms with Crippen molar-refractivity contribution in [1.82, 2.24) is 5.32 Å². The van der Waals surface area contributed by atoms with Gasteiger partial charge in [0.1, 0.15) is 0 Å². The molecule has 0 amide bonds. The van der Waals surface area contributed by atoms with Crippen LogP contribution in [0.25, 0.3) is 0 Å². The van der Waals surface area contributed by atoms with E-state index in [9.17, 15) is 0 Å². The fourth-order valence-electron chi connectivity index (χ4n) is 3.48. The highest BCUT2D eigenvalue weighted by Gasteiger charge is 2.42. The average molecular weight is 314 g/mol. The lowest BCUT2D eigenvalue weighted by Crippen LogP contribution is -2.41. The molecule has 112 valence electrons. The van der Waals surface area contributed by atoms with Crippen molar-refractivity contribution in [3.63, 3.8) is 0 Å². The molecular formula is C17H25Cl2N. The number of benzene rings is 1. The van der Waals surface area contributed by atoms with Crippen molar-refractivity contribution in [1.29, 1.82) is 0 Å². The summed E-state index contributed by atoms with van der Waals surface area (Å²) >= 11 is 12.5. The highest BCUT2D eigenvalue weighted by molar-refractivity contribution is 6.35. The van der Waals surface area contributed by atoms with Gasteiger partial charge in [-0.25, -0.2) is 0 Å². The van der Waals surface area contributed by atoms with Gasteiger partial charge in [0.15, 0.2) is 0 Å². The third kappa shape index (κ3) is 3.32. The largest absolute Gasteiger partial charge is 0.316 e. The molecule has 2 unspecified atom stereocenters. The first-order chi connectivity index (χ1) is 9.45. The van der Waals surface area contributed by atoms with Gasteiger partial charge in [0.2, 0.25) is 0 Å². The normalized spacial score (nSPS) is 26.4. The molecule has 0 saturated heterocycles. The highest BCUT2D eigenvalue weighted by Crippen LogP contribution is 2.47. The van der Waals surface area contributed by atoms with Crippen molar-refractivity contribution in [2.75, 3.05) is 13.1 Å². The van der Waals surface area contributed by atoms with Gasteiger partial charge in [0.25, 0.3) is 0 Å². The predicted molar refractivity (Wildman–Crippen MR) is 88.9 cm³/mol. The van der Waals surface area contributed by atoms with E-state index in [0.717, 1.165) is 23.1 Å². The van der Waals surface area contributed by atoms with Crippen LogP contribution in [0.15, 0.2) is 18.2 Å². The van der Waals surface area contributed by atoms with E-state index >= 15 is 0 Å². The molecule has 0 heterocycles. The van der Waals surface area contributed by atoms with Crippen LogP contribution in [-0.4, -0.2) is 13.1 Å². The highest BCUT2D eigenvalue weighted by atomic mass is 35.5. The van der Waals surface area contributed by atoms with Crippen LogP contribution in [-0.2, 0) is 5.41 Å². The summed E-state index contributed by atoms with van der Waals surface area (Å²) in [5.74, 6) is 1.32. The molecule has 1 fully saturated rings. The molecule has 1 nitrogen and oxygen atoms in total. The molecule has 1 aromatic rings. The molecule has 1 aliphatic rings. The zero-order valence-corrected chi connectivity index (χ0v) is 14.2. The van der Waals surface area contributed by atoms with Crippen molar-refractivity contribution in [2.24, 2.45) is 11.8 Å². The SMILES string of the molecule is CC(C)CNCC1(c2ccc(Cl)cc2Cl)CCCC1C. The van der Waals surface area contributed by atoms with Crippen molar-refractivity contribution in [3.8, 4) is 0 Å². The van der Waals surface area contributed by atoms with Gasteiger partial charge in [-0.3, -0.25) is 0 Å². The Bertz CT molecular complexity index is 458. The van der Waals surface area contributed by atoms with Gasteiger partial charge >= 0.3 is 0 Å². The second-order valence-electron chi connectivity index (χ2n) is 6.60. The monoisotopic (exact) mass is 313 g/mol. The van der Waals surface area contributed by atoms with Gasteiger partial charge in [-0.15, -0.1) is 0 Å². The van der Waals surface area contributed by atoms with E-state index in [1.54, 1.807) is 0 Å². The minimum absolute atomic E-state index is 0.163. The van der Waals surface area contributed by atoms with Gasteiger partial charge < -0.3 is 5.32 Å². The van der Waals surface area contributed by atoms with E-state index in [1.165, 1.54) is 24.8 Å². The summed E-state index contributed by atoms with van der Waals surface area (Å²) in [7, 11) is 0. The first-order valence-electron chi connectivity index (χ1n) is 7.62. The van der Waals surface area contributed by atoms with Crippen molar-refractivity contribution in [3.05, 3.63) is 33.8 Å². The molecular weight excluding hydrogens is 289 g/mol. The van der Waals surface area contributed by atoms with Crippen LogP contribution in [0.3, 0.4) is 0 Å². The summed E-state index contributed by atoms with van der Waals surface area (Å²) in [6.45, 7) is 8.91. The van der Waals surface area contributed by atoms with Gasteiger partial charge in [-0.05, 0) is 48.9 Å². The molecule has 1 saturated carbocycles. The fraction of sp³-hybridized carbons (Fsp3) is 0.647. The summed E-state index contributed by atoms with van der Waals surface area (Å²) in [6, 6.07) is 5.98. The second kappa shape index (κ2) is 6.68. The van der Waals surface area contributed by atoms with E-state index in [4.69, 9.17) is 23.2 Å². The van der Waals surface area contributed by atoms with Crippen molar-refractivity contribution >= 4 is 23.2 Å². The summed E-state index contributed by atoms with van der Waals surface area (Å²) in [5.41, 5.74) is 1.43. The first-order valence-corrected chi connectivity index (χ1v) is 8.37. The molecule has 2 atom stereocenters. The van der Waals surface area contributed by atoms with E-state index in [1.807, 2.05) is 12.1 Å². The quantitative estimate of drug-likeness (QED) is 0.778. The van der Waals surface area contributed by atoms with Crippen LogP contribution in [0.2, 0.25) is 10.0 Å². The van der Waals surface area contributed by atoms with Crippen molar-refractivity contribution < 1.29 is 0 Å². The molecule has 1 aliphatic carbocycles. The number of halogens is 2. The molecule has 0 spiro atoms. The van der Waals surface area contributed by atoms with Gasteiger partial charge in [0.05, 0.1) is 0 Å². The molecule has 1 N–H and O–H groups in total. The molecule has 0 aliphatic heterocycles. The van der Waals surface area contributed by atoms with Gasteiger partial charge in [-0.2, -0.15) is 0 Å². The van der Waals surface area contributed by atoms with Crippen LogP contribution in [0.5, 0.6) is 0 Å².